The van der Waals surface area contributed by atoms with Gasteiger partial charge >= 0.3 is 5.97 Å². The molecule has 1 aromatic carbocycles. The lowest BCUT2D eigenvalue weighted by Crippen LogP contribution is -1.92. The lowest BCUT2D eigenvalue weighted by Gasteiger charge is -2.05. The molecule has 0 unspecified atom stereocenters. The van der Waals surface area contributed by atoms with Gasteiger partial charge in [-0.3, -0.25) is 9.59 Å². The molecule has 5 heteroatoms. The molecular formula is C12H10O5. The van der Waals surface area contributed by atoms with Crippen LogP contribution in [0.25, 0.3) is 0 Å². The fourth-order valence-corrected chi connectivity index (χ4v) is 1.17. The summed E-state index contributed by atoms with van der Waals surface area (Å²) >= 11 is 0. The van der Waals surface area contributed by atoms with Gasteiger partial charge in [-0.2, -0.15) is 0 Å². The molecule has 1 rings (SSSR count). The maximum atomic E-state index is 10.7. The maximum absolute atomic E-state index is 10.7. The second-order valence-electron chi connectivity index (χ2n) is 3.11. The third-order valence-corrected chi connectivity index (χ3v) is 1.92. The van der Waals surface area contributed by atoms with E-state index in [4.69, 9.17) is 9.84 Å². The smallest absolute Gasteiger partial charge is 0.315 e. The summed E-state index contributed by atoms with van der Waals surface area (Å²) in [6.45, 7) is 0. The minimum Gasteiger partial charge on any atom is -0.504 e. The first-order chi connectivity index (χ1) is 8.08. The van der Waals surface area contributed by atoms with E-state index in [1.165, 1.54) is 19.2 Å². The Labute approximate surface area is 97.6 Å². The standard InChI is InChI=1S/C12H10O5/c1-17-10-6-8(3-2-4-11(14)15)5-9(7-13)12(10)16/h5-7,16H,4H2,1H3,(H,14,15). The summed E-state index contributed by atoms with van der Waals surface area (Å²) < 4.78 is 4.86. The molecule has 0 fully saturated rings. The van der Waals surface area contributed by atoms with Crippen molar-refractivity contribution in [2.45, 2.75) is 6.42 Å². The Morgan fingerprint density at radius 1 is 1.53 bits per heavy atom. The lowest BCUT2D eigenvalue weighted by molar-refractivity contribution is -0.135. The van der Waals surface area contributed by atoms with Crippen molar-refractivity contribution in [1.29, 1.82) is 0 Å². The second-order valence-corrected chi connectivity index (χ2v) is 3.11. The number of carbonyl (C=O) groups excluding carboxylic acids is 1. The van der Waals surface area contributed by atoms with Gasteiger partial charge in [-0.05, 0) is 12.1 Å². The molecule has 1 aromatic rings. The first kappa shape index (κ1) is 12.6. The fraction of sp³-hybridized carbons (Fsp3) is 0.167. The molecule has 0 spiro atoms. The number of carbonyl (C=O) groups is 2. The Morgan fingerprint density at radius 2 is 2.24 bits per heavy atom. The third-order valence-electron chi connectivity index (χ3n) is 1.92. The highest BCUT2D eigenvalue weighted by Gasteiger charge is 2.08. The van der Waals surface area contributed by atoms with Crippen molar-refractivity contribution in [1.82, 2.24) is 0 Å². The van der Waals surface area contributed by atoms with Gasteiger partial charge < -0.3 is 14.9 Å². The van der Waals surface area contributed by atoms with Gasteiger partial charge in [-0.1, -0.05) is 11.8 Å². The summed E-state index contributed by atoms with van der Waals surface area (Å²) in [5.41, 5.74) is 0.451. The third kappa shape index (κ3) is 3.24. The van der Waals surface area contributed by atoms with Crippen molar-refractivity contribution in [2.75, 3.05) is 7.11 Å². The Balaban J connectivity index is 3.12. The average molecular weight is 234 g/mol. The van der Waals surface area contributed by atoms with Crippen LogP contribution in [-0.2, 0) is 4.79 Å². The summed E-state index contributed by atoms with van der Waals surface area (Å²) in [5.74, 6) is 3.83. The molecule has 5 nitrogen and oxygen atoms in total. The van der Waals surface area contributed by atoms with Crippen LogP contribution in [0.1, 0.15) is 22.3 Å². The highest BCUT2D eigenvalue weighted by atomic mass is 16.5. The zero-order valence-corrected chi connectivity index (χ0v) is 9.06. The SMILES string of the molecule is COc1cc(C#CCC(=O)O)cc(C=O)c1O. The predicted molar refractivity (Wildman–Crippen MR) is 59.2 cm³/mol. The molecule has 0 amide bonds. The molecule has 17 heavy (non-hydrogen) atoms. The summed E-state index contributed by atoms with van der Waals surface area (Å²) in [4.78, 5) is 20.9. The number of ether oxygens (including phenoxy) is 1. The number of carboxylic acids is 1. The van der Waals surface area contributed by atoms with E-state index in [9.17, 15) is 14.7 Å². The topological polar surface area (TPSA) is 83.8 Å². The van der Waals surface area contributed by atoms with Gasteiger partial charge in [0.2, 0.25) is 0 Å². The number of aliphatic carboxylic acids is 1. The van der Waals surface area contributed by atoms with Gasteiger partial charge in [-0.25, -0.2) is 0 Å². The van der Waals surface area contributed by atoms with Gasteiger partial charge in [0.1, 0.15) is 6.42 Å². The van der Waals surface area contributed by atoms with Gasteiger partial charge in [0, 0.05) is 5.56 Å². The van der Waals surface area contributed by atoms with Crippen molar-refractivity contribution < 1.29 is 24.5 Å². The monoisotopic (exact) mass is 234 g/mol. The largest absolute Gasteiger partial charge is 0.504 e. The molecule has 0 bridgehead atoms. The van der Waals surface area contributed by atoms with Crippen LogP contribution in [0.15, 0.2) is 12.1 Å². The molecule has 0 atom stereocenters. The molecule has 0 aromatic heterocycles. The summed E-state index contributed by atoms with van der Waals surface area (Å²) in [6.07, 6.45) is 0.180. The van der Waals surface area contributed by atoms with Crippen LogP contribution in [-0.4, -0.2) is 29.6 Å². The first-order valence-corrected chi connectivity index (χ1v) is 4.65. The molecule has 88 valence electrons. The normalized spacial score (nSPS) is 9.00. The van der Waals surface area contributed by atoms with E-state index in [1.807, 2.05) is 0 Å². The van der Waals surface area contributed by atoms with Crippen LogP contribution < -0.4 is 4.74 Å². The van der Waals surface area contributed by atoms with Crippen molar-refractivity contribution in [3.05, 3.63) is 23.3 Å². The number of aromatic hydroxyl groups is 1. The van der Waals surface area contributed by atoms with Crippen molar-refractivity contribution in [3.63, 3.8) is 0 Å². The molecule has 0 aliphatic rings. The van der Waals surface area contributed by atoms with Crippen molar-refractivity contribution >= 4 is 12.3 Å². The van der Waals surface area contributed by atoms with Crippen LogP contribution in [0.4, 0.5) is 0 Å². The van der Waals surface area contributed by atoms with Gasteiger partial charge in [0.15, 0.2) is 17.8 Å². The zero-order chi connectivity index (χ0) is 12.8. The quantitative estimate of drug-likeness (QED) is 0.603. The maximum Gasteiger partial charge on any atom is 0.315 e. The summed E-state index contributed by atoms with van der Waals surface area (Å²) in [6, 6.07) is 2.79. The molecule has 0 aliphatic carbocycles. The van der Waals surface area contributed by atoms with Crippen LogP contribution in [0, 0.1) is 11.8 Å². The van der Waals surface area contributed by atoms with E-state index in [0.29, 0.717) is 11.8 Å². The van der Waals surface area contributed by atoms with Gasteiger partial charge in [0.05, 0.1) is 12.7 Å². The Hall–Kier alpha value is -2.48. The minimum atomic E-state index is -1.03. The van der Waals surface area contributed by atoms with Crippen LogP contribution >= 0.6 is 0 Å². The number of carboxylic acid groups (broad SMARTS) is 1. The molecule has 2 N–H and O–H groups in total. The predicted octanol–water partition coefficient (Wildman–Crippen LogP) is 1.04. The number of phenols is 1. The van der Waals surface area contributed by atoms with Crippen LogP contribution in [0.3, 0.4) is 0 Å². The number of hydrogen-bond acceptors (Lipinski definition) is 4. The second kappa shape index (κ2) is 5.56. The average Bonchev–Trinajstić information content (AvgIpc) is 2.30. The molecule has 0 aliphatic heterocycles. The fourth-order valence-electron chi connectivity index (χ4n) is 1.17. The number of benzene rings is 1. The highest BCUT2D eigenvalue weighted by molar-refractivity contribution is 5.82. The Bertz CT molecular complexity index is 508. The zero-order valence-electron chi connectivity index (χ0n) is 9.06. The summed E-state index contributed by atoms with van der Waals surface area (Å²) in [5, 5.41) is 17.9. The van der Waals surface area contributed by atoms with E-state index in [2.05, 4.69) is 11.8 Å². The van der Waals surface area contributed by atoms with Crippen molar-refractivity contribution in [2.24, 2.45) is 0 Å². The Morgan fingerprint density at radius 3 is 2.76 bits per heavy atom. The van der Waals surface area contributed by atoms with Crippen LogP contribution in [0.2, 0.25) is 0 Å². The van der Waals surface area contributed by atoms with E-state index in [1.54, 1.807) is 0 Å². The van der Waals surface area contributed by atoms with E-state index >= 15 is 0 Å². The number of phenolic OH excluding ortho intramolecular Hbond substituents is 1. The molecule has 0 heterocycles. The van der Waals surface area contributed by atoms with Crippen LogP contribution in [0.5, 0.6) is 11.5 Å². The molecule has 0 saturated carbocycles. The highest BCUT2D eigenvalue weighted by Crippen LogP contribution is 2.29. The number of methoxy groups -OCH3 is 1. The van der Waals surface area contributed by atoms with Crippen molar-refractivity contribution in [3.8, 4) is 23.3 Å². The van der Waals surface area contributed by atoms with Gasteiger partial charge in [-0.15, -0.1) is 0 Å². The molecular weight excluding hydrogens is 224 g/mol. The lowest BCUT2D eigenvalue weighted by atomic mass is 10.1. The number of hydrogen-bond donors (Lipinski definition) is 2. The van der Waals surface area contributed by atoms with E-state index < -0.39 is 5.97 Å². The minimum absolute atomic E-state index is 0.0453. The molecule has 0 radical (unpaired) electrons. The first-order valence-electron chi connectivity index (χ1n) is 4.65. The summed E-state index contributed by atoms with van der Waals surface area (Å²) in [7, 11) is 1.35. The Kier molecular flexibility index (Phi) is 4.12. The van der Waals surface area contributed by atoms with Gasteiger partial charge in [0.25, 0.3) is 0 Å². The van der Waals surface area contributed by atoms with E-state index in [-0.39, 0.29) is 23.5 Å². The number of aldehydes is 1. The van der Waals surface area contributed by atoms with E-state index in [0.717, 1.165) is 0 Å². The number of rotatable bonds is 3. The molecule has 0 saturated heterocycles.